The van der Waals surface area contributed by atoms with Crippen LogP contribution in [-0.2, 0) is 0 Å². The molecule has 0 amide bonds. The van der Waals surface area contributed by atoms with E-state index in [9.17, 15) is 4.79 Å². The van der Waals surface area contributed by atoms with Gasteiger partial charge in [0.15, 0.2) is 0 Å². The summed E-state index contributed by atoms with van der Waals surface area (Å²) in [7, 11) is 1.63. The number of ether oxygens (including phenoxy) is 1. The zero-order valence-corrected chi connectivity index (χ0v) is 10.9. The minimum absolute atomic E-state index is 0.120. The largest absolute Gasteiger partial charge is 0.515 e. The van der Waals surface area contributed by atoms with Crippen molar-refractivity contribution < 1.29 is 14.6 Å². The first kappa shape index (κ1) is 11.8. The van der Waals surface area contributed by atoms with Gasteiger partial charge in [0.25, 0.3) is 0 Å². The molecule has 0 fully saturated rings. The lowest BCUT2D eigenvalue weighted by molar-refractivity contribution is 0.101. The van der Waals surface area contributed by atoms with E-state index in [2.05, 4.69) is 11.9 Å². The molecule has 0 bridgehead atoms. The van der Waals surface area contributed by atoms with E-state index in [1.807, 2.05) is 18.2 Å². The number of hydrogen-bond acceptors (Lipinski definition) is 3. The standard InChI is InChI=1S/C15H15NO3/c1-8-5-9(7-17)15(18)14-13(8)11-6-10(19-2)3-4-12(11)16-14/h3-4,6-8,16-17H,5H2,1-2H3/b9-7+. The highest BCUT2D eigenvalue weighted by molar-refractivity contribution is 6.13. The van der Waals surface area contributed by atoms with Gasteiger partial charge in [0.2, 0.25) is 5.78 Å². The number of aliphatic hydroxyl groups is 1. The highest BCUT2D eigenvalue weighted by Crippen LogP contribution is 2.39. The van der Waals surface area contributed by atoms with Crippen LogP contribution in [0.25, 0.3) is 10.9 Å². The second-order valence-electron chi connectivity index (χ2n) is 4.91. The Morgan fingerprint density at radius 3 is 2.95 bits per heavy atom. The first-order chi connectivity index (χ1) is 9.15. The number of rotatable bonds is 1. The Morgan fingerprint density at radius 2 is 2.26 bits per heavy atom. The van der Waals surface area contributed by atoms with Crippen LogP contribution in [-0.4, -0.2) is 23.0 Å². The molecular weight excluding hydrogens is 242 g/mol. The first-order valence-corrected chi connectivity index (χ1v) is 6.23. The van der Waals surface area contributed by atoms with E-state index in [1.165, 1.54) is 0 Å². The molecule has 3 rings (SSSR count). The first-order valence-electron chi connectivity index (χ1n) is 6.23. The fraction of sp³-hybridized carbons (Fsp3) is 0.267. The molecule has 1 unspecified atom stereocenters. The van der Waals surface area contributed by atoms with Crippen molar-refractivity contribution in [1.29, 1.82) is 0 Å². The summed E-state index contributed by atoms with van der Waals surface area (Å²) in [5.74, 6) is 0.843. The topological polar surface area (TPSA) is 62.3 Å². The summed E-state index contributed by atoms with van der Waals surface area (Å²) in [6.45, 7) is 2.06. The number of aliphatic hydroxyl groups excluding tert-OH is 1. The third-order valence-corrected chi connectivity index (χ3v) is 3.74. The van der Waals surface area contributed by atoms with E-state index in [-0.39, 0.29) is 11.7 Å². The molecule has 1 atom stereocenters. The molecule has 1 aliphatic carbocycles. The number of fused-ring (bicyclic) bond motifs is 3. The minimum Gasteiger partial charge on any atom is -0.515 e. The maximum atomic E-state index is 12.2. The predicted octanol–water partition coefficient (Wildman–Crippen LogP) is 3.31. The van der Waals surface area contributed by atoms with Crippen molar-refractivity contribution in [3.63, 3.8) is 0 Å². The van der Waals surface area contributed by atoms with E-state index >= 15 is 0 Å². The molecule has 2 aromatic rings. The number of aromatic amines is 1. The summed E-state index contributed by atoms with van der Waals surface area (Å²) >= 11 is 0. The number of Topliss-reactive ketones (excluding diaryl/α,β-unsaturated/α-hetero) is 1. The van der Waals surface area contributed by atoms with Crippen molar-refractivity contribution >= 4 is 16.7 Å². The Bertz CT molecular complexity index is 697. The van der Waals surface area contributed by atoms with Gasteiger partial charge in [-0.05, 0) is 36.1 Å². The molecule has 0 saturated heterocycles. The lowest BCUT2D eigenvalue weighted by Crippen LogP contribution is -2.16. The number of methoxy groups -OCH3 is 1. The quantitative estimate of drug-likeness (QED) is 0.608. The van der Waals surface area contributed by atoms with E-state index in [1.54, 1.807) is 7.11 Å². The zero-order valence-electron chi connectivity index (χ0n) is 10.9. The number of aromatic nitrogens is 1. The summed E-state index contributed by atoms with van der Waals surface area (Å²) in [4.78, 5) is 15.4. The Morgan fingerprint density at radius 1 is 1.47 bits per heavy atom. The molecule has 0 spiro atoms. The maximum absolute atomic E-state index is 12.2. The van der Waals surface area contributed by atoms with Gasteiger partial charge in [-0.3, -0.25) is 4.79 Å². The number of carbonyl (C=O) groups is 1. The van der Waals surface area contributed by atoms with Gasteiger partial charge in [-0.2, -0.15) is 0 Å². The van der Waals surface area contributed by atoms with Crippen molar-refractivity contribution in [2.75, 3.05) is 7.11 Å². The monoisotopic (exact) mass is 257 g/mol. The Kier molecular flexibility index (Phi) is 2.59. The highest BCUT2D eigenvalue weighted by atomic mass is 16.5. The van der Waals surface area contributed by atoms with Gasteiger partial charge in [0.1, 0.15) is 5.75 Å². The number of nitrogens with one attached hydrogen (secondary N) is 1. The summed E-state index contributed by atoms with van der Waals surface area (Å²) in [6, 6.07) is 5.72. The molecule has 1 heterocycles. The number of benzene rings is 1. The van der Waals surface area contributed by atoms with E-state index in [0.29, 0.717) is 17.7 Å². The van der Waals surface area contributed by atoms with Crippen LogP contribution >= 0.6 is 0 Å². The molecule has 1 aromatic carbocycles. The van der Waals surface area contributed by atoms with E-state index < -0.39 is 0 Å². The van der Waals surface area contributed by atoms with E-state index in [4.69, 9.17) is 9.84 Å². The Balaban J connectivity index is 2.29. The normalized spacial score (nSPS) is 20.8. The number of ketones is 1. The summed E-state index contributed by atoms with van der Waals surface area (Å²) in [5, 5.41) is 10.2. The van der Waals surface area contributed by atoms with Crippen LogP contribution in [0.1, 0.15) is 35.3 Å². The molecule has 0 aliphatic heterocycles. The van der Waals surface area contributed by atoms with Crippen molar-refractivity contribution in [2.45, 2.75) is 19.3 Å². The SMILES string of the molecule is COc1ccc2[nH]c3c(c2c1)C(C)C/C(=C\O)C3=O. The van der Waals surface area contributed by atoms with Crippen LogP contribution < -0.4 is 4.74 Å². The smallest absolute Gasteiger partial charge is 0.208 e. The van der Waals surface area contributed by atoms with Gasteiger partial charge in [-0.15, -0.1) is 0 Å². The lowest BCUT2D eigenvalue weighted by atomic mass is 9.83. The molecule has 19 heavy (non-hydrogen) atoms. The molecule has 0 saturated carbocycles. The van der Waals surface area contributed by atoms with Crippen LogP contribution in [0.15, 0.2) is 30.0 Å². The molecule has 4 heteroatoms. The van der Waals surface area contributed by atoms with Crippen LogP contribution in [0, 0.1) is 0 Å². The van der Waals surface area contributed by atoms with Gasteiger partial charge >= 0.3 is 0 Å². The number of hydrogen-bond donors (Lipinski definition) is 2. The van der Waals surface area contributed by atoms with Gasteiger partial charge in [-0.1, -0.05) is 6.92 Å². The summed E-state index contributed by atoms with van der Waals surface area (Å²) in [6.07, 6.45) is 1.49. The third kappa shape index (κ3) is 1.63. The second-order valence-corrected chi connectivity index (χ2v) is 4.91. The Hall–Kier alpha value is -2.23. The molecule has 98 valence electrons. The van der Waals surface area contributed by atoms with Crippen LogP contribution in [0.4, 0.5) is 0 Å². The molecule has 4 nitrogen and oxygen atoms in total. The molecule has 2 N–H and O–H groups in total. The molecule has 0 radical (unpaired) electrons. The van der Waals surface area contributed by atoms with Gasteiger partial charge in [-0.25, -0.2) is 0 Å². The van der Waals surface area contributed by atoms with Crippen LogP contribution in [0.3, 0.4) is 0 Å². The van der Waals surface area contributed by atoms with Crippen molar-refractivity contribution in [1.82, 2.24) is 4.98 Å². The average Bonchev–Trinajstić information content (AvgIpc) is 2.81. The van der Waals surface area contributed by atoms with Crippen molar-refractivity contribution in [3.05, 3.63) is 41.3 Å². The fourth-order valence-electron chi connectivity index (χ4n) is 2.81. The van der Waals surface area contributed by atoms with Crippen LogP contribution in [0.2, 0.25) is 0 Å². The van der Waals surface area contributed by atoms with Crippen molar-refractivity contribution in [3.8, 4) is 5.75 Å². The van der Waals surface area contributed by atoms with E-state index in [0.717, 1.165) is 28.5 Å². The number of allylic oxidation sites excluding steroid dienone is 1. The zero-order chi connectivity index (χ0) is 13.6. The second kappa shape index (κ2) is 4.16. The third-order valence-electron chi connectivity index (χ3n) is 3.74. The lowest BCUT2D eigenvalue weighted by Gasteiger charge is -2.20. The molecule has 1 aliphatic rings. The predicted molar refractivity (Wildman–Crippen MR) is 72.9 cm³/mol. The number of carbonyl (C=O) groups excluding carboxylic acids is 1. The number of H-pyrrole nitrogens is 1. The average molecular weight is 257 g/mol. The summed E-state index contributed by atoms with van der Waals surface area (Å²) in [5.41, 5.74) is 2.98. The highest BCUT2D eigenvalue weighted by Gasteiger charge is 2.30. The van der Waals surface area contributed by atoms with Gasteiger partial charge < -0.3 is 14.8 Å². The maximum Gasteiger partial charge on any atom is 0.208 e. The van der Waals surface area contributed by atoms with Gasteiger partial charge in [0, 0.05) is 16.5 Å². The molecule has 1 aromatic heterocycles. The Labute approximate surface area is 110 Å². The summed E-state index contributed by atoms with van der Waals surface area (Å²) < 4.78 is 5.24. The van der Waals surface area contributed by atoms with Crippen LogP contribution in [0.5, 0.6) is 5.75 Å². The van der Waals surface area contributed by atoms with Crippen molar-refractivity contribution in [2.24, 2.45) is 0 Å². The molecular formula is C15H15NO3. The fourth-order valence-corrected chi connectivity index (χ4v) is 2.81. The van der Waals surface area contributed by atoms with Gasteiger partial charge in [0.05, 0.1) is 19.1 Å². The minimum atomic E-state index is -0.120.